The number of hydrogen-bond acceptors (Lipinski definition) is 9. The molecule has 1 saturated heterocycles. The Morgan fingerprint density at radius 1 is 1.05 bits per heavy atom. The number of thiazole rings is 1. The fraction of sp³-hybridized carbons (Fsp3) is 0.481. The number of hydrogen-bond donors (Lipinski definition) is 0. The first-order valence-electron chi connectivity index (χ1n) is 13.1. The summed E-state index contributed by atoms with van der Waals surface area (Å²) in [6.45, 7) is 5.37. The van der Waals surface area contributed by atoms with Crippen LogP contribution < -0.4 is 4.90 Å². The molecule has 13 heteroatoms. The van der Waals surface area contributed by atoms with Crippen molar-refractivity contribution in [2.75, 3.05) is 84.8 Å². The second-order valence-electron chi connectivity index (χ2n) is 9.29. The number of anilines is 1. The molecule has 1 fully saturated rings. The summed E-state index contributed by atoms with van der Waals surface area (Å²) < 4.78 is 44.4. The van der Waals surface area contributed by atoms with Crippen LogP contribution in [-0.4, -0.2) is 108 Å². The van der Waals surface area contributed by atoms with Crippen LogP contribution >= 0.6 is 22.9 Å². The summed E-state index contributed by atoms with van der Waals surface area (Å²) in [6, 6.07) is 11.5. The highest BCUT2D eigenvalue weighted by Gasteiger charge is 2.26. The number of halogens is 1. The number of carbonyl (C=O) groups excluding carboxylic acids is 1. The van der Waals surface area contributed by atoms with Gasteiger partial charge in [0.2, 0.25) is 10.0 Å². The molecular weight excluding hydrogens is 576 g/mol. The highest BCUT2D eigenvalue weighted by molar-refractivity contribution is 7.89. The molecule has 4 rings (SSSR count). The molecule has 1 aromatic heterocycles. The molecular formula is C27H35ClN4O6S2. The third-order valence-electron chi connectivity index (χ3n) is 6.60. The van der Waals surface area contributed by atoms with Crippen molar-refractivity contribution in [3.05, 3.63) is 53.1 Å². The number of methoxy groups -OCH3 is 2. The number of benzene rings is 2. The van der Waals surface area contributed by atoms with Crippen molar-refractivity contribution in [1.29, 1.82) is 0 Å². The molecule has 0 saturated carbocycles. The van der Waals surface area contributed by atoms with Crippen LogP contribution in [0.15, 0.2) is 47.4 Å². The van der Waals surface area contributed by atoms with Gasteiger partial charge in [0.1, 0.15) is 0 Å². The van der Waals surface area contributed by atoms with Gasteiger partial charge < -0.3 is 14.2 Å². The quantitative estimate of drug-likeness (QED) is 0.273. The second kappa shape index (κ2) is 14.6. The predicted octanol–water partition coefficient (Wildman–Crippen LogP) is 3.60. The Hall–Kier alpha value is -2.16. The Morgan fingerprint density at radius 2 is 1.73 bits per heavy atom. The van der Waals surface area contributed by atoms with Gasteiger partial charge in [0.15, 0.2) is 5.13 Å². The van der Waals surface area contributed by atoms with Crippen LogP contribution in [-0.2, 0) is 24.2 Å². The van der Waals surface area contributed by atoms with E-state index in [0.717, 1.165) is 36.3 Å². The Bertz CT molecular complexity index is 1360. The largest absolute Gasteiger partial charge is 0.383 e. The maximum absolute atomic E-state index is 13.8. The molecule has 10 nitrogen and oxygen atoms in total. The van der Waals surface area contributed by atoms with Gasteiger partial charge in [0.25, 0.3) is 5.91 Å². The van der Waals surface area contributed by atoms with E-state index < -0.39 is 10.0 Å². The third-order valence-corrected chi connectivity index (χ3v) is 9.79. The monoisotopic (exact) mass is 610 g/mol. The average molecular weight is 611 g/mol. The molecule has 0 bridgehead atoms. The highest BCUT2D eigenvalue weighted by Crippen LogP contribution is 2.32. The van der Waals surface area contributed by atoms with Gasteiger partial charge >= 0.3 is 0 Å². The molecule has 218 valence electrons. The van der Waals surface area contributed by atoms with Crippen molar-refractivity contribution >= 4 is 54.2 Å². The molecule has 0 radical (unpaired) electrons. The summed E-state index contributed by atoms with van der Waals surface area (Å²) in [6.07, 6.45) is 0.753. The molecule has 0 aliphatic carbocycles. The fourth-order valence-corrected chi connectivity index (χ4v) is 7.05. The topological polar surface area (TPSA) is 102 Å². The Balaban J connectivity index is 1.56. The maximum atomic E-state index is 13.8. The summed E-state index contributed by atoms with van der Waals surface area (Å²) in [5, 5.41) is 1.18. The molecule has 2 aromatic carbocycles. The summed E-state index contributed by atoms with van der Waals surface area (Å²) in [7, 11) is -0.754. The van der Waals surface area contributed by atoms with Gasteiger partial charge in [-0.05, 0) is 48.9 Å². The molecule has 0 atom stereocenters. The number of carbonyl (C=O) groups is 1. The number of sulfonamides is 1. The van der Waals surface area contributed by atoms with E-state index in [2.05, 4.69) is 4.90 Å². The highest BCUT2D eigenvalue weighted by atomic mass is 35.5. The first-order valence-corrected chi connectivity index (χ1v) is 15.7. The molecule has 0 N–H and O–H groups in total. The lowest BCUT2D eigenvalue weighted by atomic mass is 10.2. The van der Waals surface area contributed by atoms with E-state index in [1.54, 1.807) is 23.1 Å². The minimum Gasteiger partial charge on any atom is -0.383 e. The van der Waals surface area contributed by atoms with Crippen molar-refractivity contribution in [2.45, 2.75) is 11.3 Å². The van der Waals surface area contributed by atoms with Crippen LogP contribution in [0.3, 0.4) is 0 Å². The fourth-order valence-electron chi connectivity index (χ4n) is 4.38. The number of ether oxygens (including phenoxy) is 3. The zero-order chi connectivity index (χ0) is 28.5. The lowest BCUT2D eigenvalue weighted by molar-refractivity contribution is 0.0376. The zero-order valence-electron chi connectivity index (χ0n) is 22.8. The predicted molar refractivity (Wildman–Crippen MR) is 157 cm³/mol. The number of morpholine rings is 1. The second-order valence-corrected chi connectivity index (χ2v) is 12.7. The van der Waals surface area contributed by atoms with Gasteiger partial charge in [-0.2, -0.15) is 4.31 Å². The number of rotatable bonds is 14. The van der Waals surface area contributed by atoms with Crippen molar-refractivity contribution in [3.63, 3.8) is 0 Å². The van der Waals surface area contributed by atoms with Gasteiger partial charge in [0.05, 0.1) is 41.5 Å². The smallest absolute Gasteiger partial charge is 0.260 e. The SMILES string of the molecule is COCCN(CCOC)S(=O)(=O)c1ccc(C(=O)N(CCCN2CCOCC2)c2nc3ccc(Cl)cc3s2)cc1. The zero-order valence-corrected chi connectivity index (χ0v) is 25.1. The Morgan fingerprint density at radius 3 is 2.38 bits per heavy atom. The summed E-state index contributed by atoms with van der Waals surface area (Å²) in [4.78, 5) is 22.6. The summed E-state index contributed by atoms with van der Waals surface area (Å²) in [5.74, 6) is -0.244. The molecule has 3 aromatic rings. The van der Waals surface area contributed by atoms with E-state index in [1.807, 2.05) is 12.1 Å². The molecule has 0 unspecified atom stereocenters. The molecule has 0 spiro atoms. The first kappa shape index (κ1) is 30.8. The van der Waals surface area contributed by atoms with E-state index in [-0.39, 0.29) is 37.1 Å². The normalized spacial score (nSPS) is 14.7. The van der Waals surface area contributed by atoms with Crippen LogP contribution in [0.25, 0.3) is 10.2 Å². The van der Waals surface area contributed by atoms with Crippen LogP contribution in [0.4, 0.5) is 5.13 Å². The first-order chi connectivity index (χ1) is 19.3. The van der Waals surface area contributed by atoms with E-state index >= 15 is 0 Å². The number of amides is 1. The van der Waals surface area contributed by atoms with E-state index in [4.69, 9.17) is 30.8 Å². The molecule has 1 aliphatic heterocycles. The number of nitrogens with zero attached hydrogens (tertiary/aromatic N) is 4. The van der Waals surface area contributed by atoms with Crippen molar-refractivity contribution in [3.8, 4) is 0 Å². The Labute approximate surface area is 244 Å². The molecule has 1 amide bonds. The van der Waals surface area contributed by atoms with Crippen LogP contribution in [0.2, 0.25) is 5.02 Å². The number of fused-ring (bicyclic) bond motifs is 1. The lowest BCUT2D eigenvalue weighted by Crippen LogP contribution is -2.39. The third kappa shape index (κ3) is 7.77. The van der Waals surface area contributed by atoms with Gasteiger partial charge in [-0.25, -0.2) is 13.4 Å². The molecule has 1 aliphatic rings. The van der Waals surface area contributed by atoms with E-state index in [9.17, 15) is 13.2 Å². The van der Waals surface area contributed by atoms with Crippen LogP contribution in [0.1, 0.15) is 16.8 Å². The average Bonchev–Trinajstić information content (AvgIpc) is 3.38. The molecule has 2 heterocycles. The van der Waals surface area contributed by atoms with E-state index in [0.29, 0.717) is 35.5 Å². The van der Waals surface area contributed by atoms with E-state index in [1.165, 1.54) is 42.0 Å². The summed E-state index contributed by atoms with van der Waals surface area (Å²) >= 11 is 7.59. The number of aromatic nitrogens is 1. The van der Waals surface area contributed by atoms with Gasteiger partial charge in [-0.3, -0.25) is 14.6 Å². The minimum absolute atomic E-state index is 0.102. The van der Waals surface area contributed by atoms with Crippen LogP contribution in [0.5, 0.6) is 0 Å². The lowest BCUT2D eigenvalue weighted by Gasteiger charge is -2.27. The minimum atomic E-state index is -3.80. The van der Waals surface area contributed by atoms with Gasteiger partial charge in [-0.15, -0.1) is 0 Å². The van der Waals surface area contributed by atoms with Gasteiger partial charge in [-0.1, -0.05) is 22.9 Å². The standard InChI is InChI=1S/C27H35ClN4O6S2/c1-36-16-14-31(15-17-37-2)40(34,35)23-7-4-21(5-8-23)26(33)32(11-3-10-30-12-18-38-19-13-30)27-29-24-9-6-22(28)20-25(24)39-27/h4-9,20H,3,10-19H2,1-2H3. The molecule has 40 heavy (non-hydrogen) atoms. The van der Waals surface area contributed by atoms with Crippen molar-refractivity contribution < 1.29 is 27.4 Å². The van der Waals surface area contributed by atoms with Crippen LogP contribution in [0, 0.1) is 0 Å². The summed E-state index contributed by atoms with van der Waals surface area (Å²) in [5.41, 5.74) is 1.15. The maximum Gasteiger partial charge on any atom is 0.260 e. The Kier molecular flexibility index (Phi) is 11.3. The van der Waals surface area contributed by atoms with Crippen molar-refractivity contribution in [2.24, 2.45) is 0 Å². The van der Waals surface area contributed by atoms with Gasteiger partial charge in [0, 0.05) is 64.1 Å². The van der Waals surface area contributed by atoms with Crippen molar-refractivity contribution in [1.82, 2.24) is 14.2 Å².